The number of fused-ring (bicyclic) bond motifs is 1. The summed E-state index contributed by atoms with van der Waals surface area (Å²) in [6, 6.07) is 10.7. The lowest BCUT2D eigenvalue weighted by atomic mass is 10.1. The number of carbonyl (C=O) groups excluding carboxylic acids is 1. The zero-order valence-electron chi connectivity index (χ0n) is 12.0. The monoisotopic (exact) mass is 286 g/mol. The van der Waals surface area contributed by atoms with Crippen LogP contribution in [-0.4, -0.2) is 17.3 Å². The van der Waals surface area contributed by atoms with E-state index in [1.54, 1.807) is 12.1 Å². The van der Waals surface area contributed by atoms with Crippen LogP contribution in [0.3, 0.4) is 0 Å². The molecule has 6 nitrogen and oxygen atoms in total. The number of hydrogen-bond acceptors (Lipinski definition) is 5. The summed E-state index contributed by atoms with van der Waals surface area (Å²) in [6.07, 6.45) is 2.45. The first-order chi connectivity index (χ1) is 10.3. The molecule has 0 saturated carbocycles. The van der Waals surface area contributed by atoms with Crippen LogP contribution in [0.4, 0.5) is 5.69 Å². The summed E-state index contributed by atoms with van der Waals surface area (Å²) >= 11 is 0. The molecule has 0 saturated heterocycles. The van der Waals surface area contributed by atoms with Gasteiger partial charge in [0.15, 0.2) is 5.76 Å². The van der Waals surface area contributed by atoms with E-state index in [1.807, 2.05) is 38.1 Å². The summed E-state index contributed by atoms with van der Waals surface area (Å²) in [6.45, 7) is 4.00. The van der Waals surface area contributed by atoms with Crippen LogP contribution in [0.1, 0.15) is 36.1 Å². The summed E-state index contributed by atoms with van der Waals surface area (Å²) < 4.78 is 5.02. The predicted octanol–water partition coefficient (Wildman–Crippen LogP) is 2.58. The van der Waals surface area contributed by atoms with Crippen molar-refractivity contribution in [1.29, 1.82) is 0 Å². The maximum atomic E-state index is 11.9. The summed E-state index contributed by atoms with van der Waals surface area (Å²) in [4.78, 5) is 16.1. The summed E-state index contributed by atoms with van der Waals surface area (Å²) in [5, 5.41) is 1.45. The van der Waals surface area contributed by atoms with Crippen LogP contribution in [0.2, 0.25) is 0 Å². The van der Waals surface area contributed by atoms with Gasteiger partial charge in [0.2, 0.25) is 0 Å². The molecule has 110 valence electrons. The van der Waals surface area contributed by atoms with Crippen molar-refractivity contribution < 1.29 is 9.21 Å². The van der Waals surface area contributed by atoms with Gasteiger partial charge in [-0.3, -0.25) is 15.2 Å². The average molecular weight is 286 g/mol. The minimum absolute atomic E-state index is 0.222. The van der Waals surface area contributed by atoms with Crippen molar-refractivity contribution in [3.05, 3.63) is 54.0 Å². The third-order valence-corrected chi connectivity index (χ3v) is 2.85. The van der Waals surface area contributed by atoms with E-state index >= 15 is 0 Å². The second-order valence-corrected chi connectivity index (χ2v) is 4.07. The Morgan fingerprint density at radius 2 is 2.05 bits per heavy atom. The highest BCUT2D eigenvalue weighted by Crippen LogP contribution is 2.28. The van der Waals surface area contributed by atoms with Gasteiger partial charge in [-0.1, -0.05) is 32.0 Å². The molecule has 1 aromatic heterocycles. The summed E-state index contributed by atoms with van der Waals surface area (Å²) in [5.74, 6) is -0.147. The number of amides is 1. The Balaban J connectivity index is 0.000000774. The Bertz CT molecular complexity index is 622. The third-order valence-electron chi connectivity index (χ3n) is 2.85. The van der Waals surface area contributed by atoms with E-state index in [-0.39, 0.29) is 11.7 Å². The van der Waals surface area contributed by atoms with Crippen molar-refractivity contribution in [3.63, 3.8) is 0 Å². The molecule has 0 spiro atoms. The number of hydrogen-bond donors (Lipinski definition) is 2. The number of para-hydroxylation sites is 1. The molecular formula is C15H18N4O2. The molecule has 0 aliphatic carbocycles. The van der Waals surface area contributed by atoms with Gasteiger partial charge in [-0.05, 0) is 18.2 Å². The molecule has 1 atom stereocenters. The Labute approximate surface area is 123 Å². The van der Waals surface area contributed by atoms with E-state index in [0.29, 0.717) is 0 Å². The molecular weight excluding hydrogens is 268 g/mol. The fourth-order valence-electron chi connectivity index (χ4n) is 1.88. The predicted molar refractivity (Wildman–Crippen MR) is 80.9 cm³/mol. The van der Waals surface area contributed by atoms with E-state index in [0.717, 1.165) is 11.3 Å². The van der Waals surface area contributed by atoms with Gasteiger partial charge in [0.25, 0.3) is 0 Å². The van der Waals surface area contributed by atoms with Crippen molar-refractivity contribution in [3.8, 4) is 0 Å². The number of aliphatic imine (C=N–C) groups is 1. The van der Waals surface area contributed by atoms with Gasteiger partial charge in [0, 0.05) is 5.56 Å². The van der Waals surface area contributed by atoms with Crippen molar-refractivity contribution in [2.45, 2.75) is 20.0 Å². The minimum atomic E-state index is -0.479. The van der Waals surface area contributed by atoms with Gasteiger partial charge in [0.05, 0.1) is 12.0 Å². The molecule has 1 aromatic carbocycles. The largest absolute Gasteiger partial charge is 0.459 e. The first-order valence-electron chi connectivity index (χ1n) is 6.77. The molecule has 1 aliphatic rings. The van der Waals surface area contributed by atoms with Gasteiger partial charge in [-0.15, -0.1) is 0 Å². The van der Waals surface area contributed by atoms with Crippen molar-refractivity contribution in [2.24, 2.45) is 10.7 Å². The molecule has 1 amide bonds. The first-order valence-corrected chi connectivity index (χ1v) is 6.77. The molecule has 0 fully saturated rings. The lowest BCUT2D eigenvalue weighted by molar-refractivity contribution is 0.0809. The van der Waals surface area contributed by atoms with E-state index in [1.165, 1.54) is 17.6 Å². The van der Waals surface area contributed by atoms with Crippen molar-refractivity contribution in [2.75, 3.05) is 0 Å². The number of benzene rings is 1. The fourth-order valence-corrected chi connectivity index (χ4v) is 1.88. The van der Waals surface area contributed by atoms with Gasteiger partial charge in [-0.25, -0.2) is 4.99 Å². The molecule has 1 unspecified atom stereocenters. The summed E-state index contributed by atoms with van der Waals surface area (Å²) in [5.41, 5.74) is 10.4. The molecule has 2 heterocycles. The van der Waals surface area contributed by atoms with Gasteiger partial charge in [0.1, 0.15) is 12.5 Å². The Morgan fingerprint density at radius 3 is 2.76 bits per heavy atom. The fraction of sp³-hybridized carbons (Fsp3) is 0.200. The standard InChI is InChI=1S/C13H12N4O2.C2H6/c14-12-9-4-1-2-5-10(9)15-8-17(12)16-13(18)11-6-3-7-19-11;1-2/h1-8,12H,14H2,(H,16,18);1-2H3. The van der Waals surface area contributed by atoms with Crippen molar-refractivity contribution >= 4 is 17.9 Å². The third kappa shape index (κ3) is 3.11. The van der Waals surface area contributed by atoms with Gasteiger partial charge >= 0.3 is 5.91 Å². The zero-order chi connectivity index (χ0) is 15.2. The number of carbonyl (C=O) groups is 1. The number of nitrogens with one attached hydrogen (secondary N) is 1. The van der Waals surface area contributed by atoms with E-state index in [9.17, 15) is 4.79 Å². The number of nitrogens with two attached hydrogens (primary N) is 1. The topological polar surface area (TPSA) is 83.9 Å². The molecule has 3 N–H and O–H groups in total. The maximum absolute atomic E-state index is 11.9. The molecule has 21 heavy (non-hydrogen) atoms. The second-order valence-electron chi connectivity index (χ2n) is 4.07. The smallest absolute Gasteiger partial charge is 0.305 e. The number of furan rings is 1. The highest BCUT2D eigenvalue weighted by molar-refractivity contribution is 5.92. The normalized spacial score (nSPS) is 15.8. The van der Waals surface area contributed by atoms with E-state index in [2.05, 4.69) is 10.4 Å². The number of rotatable bonds is 2. The van der Waals surface area contributed by atoms with Crippen LogP contribution >= 0.6 is 0 Å². The lowest BCUT2D eigenvalue weighted by Crippen LogP contribution is -2.47. The highest BCUT2D eigenvalue weighted by Gasteiger charge is 2.23. The Kier molecular flexibility index (Phi) is 4.73. The Hall–Kier alpha value is -2.60. The summed E-state index contributed by atoms with van der Waals surface area (Å²) in [7, 11) is 0. The molecule has 1 aliphatic heterocycles. The zero-order valence-corrected chi connectivity index (χ0v) is 12.0. The van der Waals surface area contributed by atoms with Crippen LogP contribution < -0.4 is 11.2 Å². The van der Waals surface area contributed by atoms with Gasteiger partial charge in [-0.2, -0.15) is 0 Å². The van der Waals surface area contributed by atoms with Gasteiger partial charge < -0.3 is 10.2 Å². The Morgan fingerprint density at radius 1 is 1.29 bits per heavy atom. The lowest BCUT2D eigenvalue weighted by Gasteiger charge is -2.30. The quantitative estimate of drug-likeness (QED) is 0.888. The number of nitrogens with zero attached hydrogens (tertiary/aromatic N) is 2. The molecule has 0 bridgehead atoms. The molecule has 3 rings (SSSR count). The maximum Gasteiger partial charge on any atom is 0.305 e. The average Bonchev–Trinajstić information content (AvgIpc) is 3.07. The number of hydrazine groups is 1. The SMILES string of the molecule is CC.NC1c2ccccc2N=CN1NC(=O)c1ccco1. The molecule has 2 aromatic rings. The minimum Gasteiger partial charge on any atom is -0.459 e. The van der Waals surface area contributed by atoms with E-state index < -0.39 is 6.17 Å². The van der Waals surface area contributed by atoms with Crippen LogP contribution in [0.5, 0.6) is 0 Å². The van der Waals surface area contributed by atoms with Crippen LogP contribution in [0, 0.1) is 0 Å². The highest BCUT2D eigenvalue weighted by atomic mass is 16.3. The first kappa shape index (κ1) is 14.8. The van der Waals surface area contributed by atoms with Crippen LogP contribution in [0.15, 0.2) is 52.1 Å². The molecule has 0 radical (unpaired) electrons. The van der Waals surface area contributed by atoms with E-state index in [4.69, 9.17) is 10.2 Å². The van der Waals surface area contributed by atoms with Crippen LogP contribution in [0.25, 0.3) is 0 Å². The van der Waals surface area contributed by atoms with Crippen molar-refractivity contribution in [1.82, 2.24) is 10.4 Å². The molecule has 6 heteroatoms. The second kappa shape index (κ2) is 6.71. The van der Waals surface area contributed by atoms with Crippen LogP contribution in [-0.2, 0) is 0 Å².